The molecule has 1 heterocycles. The van der Waals surface area contributed by atoms with Gasteiger partial charge in [0.1, 0.15) is 0 Å². The van der Waals surface area contributed by atoms with Gasteiger partial charge in [0.25, 0.3) is 0 Å². The summed E-state index contributed by atoms with van der Waals surface area (Å²) in [5.41, 5.74) is 6.52. The van der Waals surface area contributed by atoms with Crippen LogP contribution < -0.4 is 11.1 Å². The summed E-state index contributed by atoms with van der Waals surface area (Å²) in [5, 5.41) is 10.3. The fourth-order valence-electron chi connectivity index (χ4n) is 1.52. The maximum atomic E-state index is 12.1. The molecule has 0 radical (unpaired) electrons. The highest BCUT2D eigenvalue weighted by Crippen LogP contribution is 2.28. The first kappa shape index (κ1) is 16.2. The van der Waals surface area contributed by atoms with E-state index in [1.54, 1.807) is 31.2 Å². The Hall–Kier alpha value is -2.13. The van der Waals surface area contributed by atoms with Crippen molar-refractivity contribution in [3.05, 3.63) is 29.8 Å². The van der Waals surface area contributed by atoms with Crippen LogP contribution in [0.15, 0.2) is 28.6 Å². The molecule has 3 N–H and O–H groups in total. The minimum absolute atomic E-state index is 0.176. The molecule has 0 spiro atoms. The standard InChI is InChI=1S/C13H14N4O3S2/c1-7(21-13-17-16-12(14)22-13)10(18)15-9-5-3-8(4-6-9)11(19)20-2/h3-7H,1-2H3,(H2,14,16)(H,15,18). The summed E-state index contributed by atoms with van der Waals surface area (Å²) in [7, 11) is 1.32. The van der Waals surface area contributed by atoms with Gasteiger partial charge in [0.2, 0.25) is 11.0 Å². The number of carbonyl (C=O) groups excluding carboxylic acids is 2. The average Bonchev–Trinajstić information content (AvgIpc) is 2.92. The maximum Gasteiger partial charge on any atom is 0.337 e. The van der Waals surface area contributed by atoms with Crippen molar-refractivity contribution >= 4 is 45.8 Å². The van der Waals surface area contributed by atoms with Gasteiger partial charge in [0.05, 0.1) is 17.9 Å². The normalized spacial score (nSPS) is 11.7. The van der Waals surface area contributed by atoms with Crippen LogP contribution in [-0.4, -0.2) is 34.4 Å². The summed E-state index contributed by atoms with van der Waals surface area (Å²) >= 11 is 2.52. The number of nitrogen functional groups attached to an aromatic ring is 1. The number of benzene rings is 1. The van der Waals surface area contributed by atoms with Crippen LogP contribution in [0.25, 0.3) is 0 Å². The number of nitrogens with zero attached hydrogens (tertiary/aromatic N) is 2. The lowest BCUT2D eigenvalue weighted by molar-refractivity contribution is -0.115. The molecule has 2 aromatic rings. The fourth-order valence-corrected chi connectivity index (χ4v) is 3.30. The first-order chi connectivity index (χ1) is 10.5. The number of esters is 1. The monoisotopic (exact) mass is 338 g/mol. The first-order valence-electron chi connectivity index (χ1n) is 6.24. The molecule has 116 valence electrons. The second-order valence-corrected chi connectivity index (χ2v) is 6.82. The van der Waals surface area contributed by atoms with E-state index in [1.165, 1.54) is 30.2 Å². The van der Waals surface area contributed by atoms with Crippen LogP contribution >= 0.6 is 23.1 Å². The molecule has 1 atom stereocenters. The summed E-state index contributed by atoms with van der Waals surface area (Å²) in [6, 6.07) is 6.46. The largest absolute Gasteiger partial charge is 0.465 e. The predicted octanol–water partition coefficient (Wildman–Crippen LogP) is 2.03. The van der Waals surface area contributed by atoms with E-state index in [4.69, 9.17) is 5.73 Å². The van der Waals surface area contributed by atoms with Gasteiger partial charge in [-0.3, -0.25) is 4.79 Å². The van der Waals surface area contributed by atoms with Gasteiger partial charge in [-0.2, -0.15) is 0 Å². The first-order valence-corrected chi connectivity index (χ1v) is 7.94. The van der Waals surface area contributed by atoms with Gasteiger partial charge in [-0.1, -0.05) is 23.1 Å². The van der Waals surface area contributed by atoms with Crippen molar-refractivity contribution in [2.75, 3.05) is 18.2 Å². The number of hydrogen-bond donors (Lipinski definition) is 2. The number of rotatable bonds is 5. The quantitative estimate of drug-likeness (QED) is 0.634. The Morgan fingerprint density at radius 3 is 2.55 bits per heavy atom. The van der Waals surface area contributed by atoms with Gasteiger partial charge >= 0.3 is 5.97 Å². The minimum Gasteiger partial charge on any atom is -0.465 e. The molecule has 2 rings (SSSR count). The summed E-state index contributed by atoms with van der Waals surface area (Å²) in [6.45, 7) is 1.76. The van der Waals surface area contributed by atoms with Crippen molar-refractivity contribution in [2.45, 2.75) is 16.5 Å². The SMILES string of the molecule is COC(=O)c1ccc(NC(=O)C(C)Sc2nnc(N)s2)cc1. The van der Waals surface area contributed by atoms with Crippen molar-refractivity contribution in [3.8, 4) is 0 Å². The number of carbonyl (C=O) groups is 2. The molecule has 1 aromatic heterocycles. The average molecular weight is 338 g/mol. The van der Waals surface area contributed by atoms with Crippen LogP contribution in [0.2, 0.25) is 0 Å². The molecule has 1 amide bonds. The maximum absolute atomic E-state index is 12.1. The number of aromatic nitrogens is 2. The van der Waals surface area contributed by atoms with Crippen LogP contribution in [0, 0.1) is 0 Å². The lowest BCUT2D eigenvalue weighted by Crippen LogP contribution is -2.22. The third-order valence-electron chi connectivity index (χ3n) is 2.64. The molecule has 0 bridgehead atoms. The Labute approximate surface area is 135 Å². The van der Waals surface area contributed by atoms with E-state index in [0.29, 0.717) is 20.7 Å². The van der Waals surface area contributed by atoms with Crippen LogP contribution in [0.5, 0.6) is 0 Å². The van der Waals surface area contributed by atoms with Crippen molar-refractivity contribution in [1.82, 2.24) is 10.2 Å². The molecular formula is C13H14N4O3S2. The predicted molar refractivity (Wildman–Crippen MR) is 86.1 cm³/mol. The van der Waals surface area contributed by atoms with E-state index in [9.17, 15) is 9.59 Å². The van der Waals surface area contributed by atoms with Gasteiger partial charge in [-0.05, 0) is 31.2 Å². The molecule has 22 heavy (non-hydrogen) atoms. The number of thioether (sulfide) groups is 1. The van der Waals surface area contributed by atoms with E-state index < -0.39 is 5.97 Å². The molecule has 1 unspecified atom stereocenters. The molecule has 1 aromatic carbocycles. The topological polar surface area (TPSA) is 107 Å². The zero-order valence-electron chi connectivity index (χ0n) is 11.9. The van der Waals surface area contributed by atoms with Gasteiger partial charge in [0, 0.05) is 5.69 Å². The fraction of sp³-hybridized carbons (Fsp3) is 0.231. The van der Waals surface area contributed by atoms with Gasteiger partial charge < -0.3 is 15.8 Å². The van der Waals surface area contributed by atoms with Crippen LogP contribution in [-0.2, 0) is 9.53 Å². The molecule has 0 fully saturated rings. The second-order valence-electron chi connectivity index (χ2n) is 4.22. The Bertz CT molecular complexity index is 672. The molecule has 0 saturated heterocycles. The Kier molecular flexibility index (Phi) is 5.34. The van der Waals surface area contributed by atoms with Crippen LogP contribution in [0.3, 0.4) is 0 Å². The van der Waals surface area contributed by atoms with E-state index in [1.807, 2.05) is 0 Å². The summed E-state index contributed by atoms with van der Waals surface area (Å²) in [6.07, 6.45) is 0. The highest BCUT2D eigenvalue weighted by molar-refractivity contribution is 8.02. The lowest BCUT2D eigenvalue weighted by atomic mass is 10.2. The Balaban J connectivity index is 1.94. The van der Waals surface area contributed by atoms with E-state index in [-0.39, 0.29) is 11.2 Å². The van der Waals surface area contributed by atoms with E-state index in [2.05, 4.69) is 20.3 Å². The van der Waals surface area contributed by atoms with Crippen molar-refractivity contribution in [1.29, 1.82) is 0 Å². The van der Waals surface area contributed by atoms with E-state index >= 15 is 0 Å². The van der Waals surface area contributed by atoms with Gasteiger partial charge in [-0.25, -0.2) is 4.79 Å². The highest BCUT2D eigenvalue weighted by atomic mass is 32.2. The van der Waals surface area contributed by atoms with Crippen molar-refractivity contribution in [3.63, 3.8) is 0 Å². The number of methoxy groups -OCH3 is 1. The number of ether oxygens (including phenoxy) is 1. The lowest BCUT2D eigenvalue weighted by Gasteiger charge is -2.10. The second kappa shape index (κ2) is 7.23. The molecule has 9 heteroatoms. The molecular weight excluding hydrogens is 324 g/mol. The molecule has 0 aliphatic carbocycles. The molecule has 7 nitrogen and oxygen atoms in total. The van der Waals surface area contributed by atoms with Crippen LogP contribution in [0.1, 0.15) is 17.3 Å². The summed E-state index contributed by atoms with van der Waals surface area (Å²) < 4.78 is 5.25. The summed E-state index contributed by atoms with van der Waals surface area (Å²) in [4.78, 5) is 23.4. The number of hydrogen-bond acceptors (Lipinski definition) is 8. The molecule has 0 aliphatic rings. The number of nitrogens with two attached hydrogens (primary N) is 1. The Morgan fingerprint density at radius 2 is 2.00 bits per heavy atom. The van der Waals surface area contributed by atoms with Gasteiger partial charge in [-0.15, -0.1) is 10.2 Å². The van der Waals surface area contributed by atoms with Crippen LogP contribution in [0.4, 0.5) is 10.8 Å². The zero-order chi connectivity index (χ0) is 16.1. The smallest absolute Gasteiger partial charge is 0.337 e. The number of nitrogens with one attached hydrogen (secondary N) is 1. The zero-order valence-corrected chi connectivity index (χ0v) is 13.5. The van der Waals surface area contributed by atoms with E-state index in [0.717, 1.165) is 0 Å². The summed E-state index contributed by atoms with van der Waals surface area (Å²) in [5.74, 6) is -0.597. The Morgan fingerprint density at radius 1 is 1.32 bits per heavy atom. The van der Waals surface area contributed by atoms with Crippen molar-refractivity contribution in [2.24, 2.45) is 0 Å². The third kappa shape index (κ3) is 4.18. The van der Waals surface area contributed by atoms with Gasteiger partial charge in [0.15, 0.2) is 4.34 Å². The molecule has 0 saturated carbocycles. The third-order valence-corrected chi connectivity index (χ3v) is 4.58. The number of amides is 1. The number of anilines is 2. The highest BCUT2D eigenvalue weighted by Gasteiger charge is 2.17. The minimum atomic E-state index is -0.421. The molecule has 0 aliphatic heterocycles. The van der Waals surface area contributed by atoms with Crippen molar-refractivity contribution < 1.29 is 14.3 Å².